The average molecular weight is 384 g/mol. The van der Waals surface area contributed by atoms with Gasteiger partial charge in [0.15, 0.2) is 5.96 Å². The third kappa shape index (κ3) is 4.64. The number of guanidine groups is 1. The third-order valence-corrected chi connectivity index (χ3v) is 4.35. The first-order valence-electron chi connectivity index (χ1n) is 9.01. The van der Waals surface area contributed by atoms with Gasteiger partial charge in [-0.15, -0.1) is 0 Å². The van der Waals surface area contributed by atoms with E-state index in [1.165, 1.54) is 6.20 Å². The van der Waals surface area contributed by atoms with Crippen molar-refractivity contribution in [3.05, 3.63) is 42.5 Å². The molecule has 0 atom stereocenters. The Balaban J connectivity index is 1.45. The van der Waals surface area contributed by atoms with Gasteiger partial charge >= 0.3 is 0 Å². The Bertz CT molecular complexity index is 848. The van der Waals surface area contributed by atoms with Crippen molar-refractivity contribution >= 4 is 23.5 Å². The predicted molar refractivity (Wildman–Crippen MR) is 105 cm³/mol. The summed E-state index contributed by atoms with van der Waals surface area (Å²) in [6.07, 6.45) is 6.66. The van der Waals surface area contributed by atoms with Crippen LogP contribution in [0.25, 0.3) is 0 Å². The van der Waals surface area contributed by atoms with E-state index in [0.717, 1.165) is 5.69 Å². The van der Waals surface area contributed by atoms with Gasteiger partial charge in [-0.25, -0.2) is 0 Å². The molecule has 1 saturated heterocycles. The van der Waals surface area contributed by atoms with Crippen LogP contribution in [-0.2, 0) is 11.8 Å². The van der Waals surface area contributed by atoms with Gasteiger partial charge in [-0.3, -0.25) is 24.2 Å². The molecule has 0 bridgehead atoms. The number of carbonyl (C=O) groups is 2. The summed E-state index contributed by atoms with van der Waals surface area (Å²) in [5, 5.41) is 10.1. The minimum absolute atomic E-state index is 0.00733. The molecule has 2 aromatic heterocycles. The average Bonchev–Trinajstić information content (AvgIpc) is 3.14. The number of hydrogen-bond acceptors (Lipinski definition) is 5. The summed E-state index contributed by atoms with van der Waals surface area (Å²) in [6, 6.07) is 3.43. The van der Waals surface area contributed by atoms with E-state index in [4.69, 9.17) is 0 Å². The second-order valence-electron chi connectivity index (χ2n) is 6.31. The number of pyridine rings is 1. The van der Waals surface area contributed by atoms with Gasteiger partial charge in [-0.2, -0.15) is 5.10 Å². The largest absolute Gasteiger partial charge is 0.354 e. The van der Waals surface area contributed by atoms with Gasteiger partial charge in [-0.05, 0) is 12.1 Å². The van der Waals surface area contributed by atoms with Crippen LogP contribution in [0.5, 0.6) is 0 Å². The Morgan fingerprint density at radius 1 is 1.25 bits per heavy atom. The fourth-order valence-electron chi connectivity index (χ4n) is 2.96. The molecular formula is C18H24N8O2. The molecule has 3 heterocycles. The molecule has 1 aliphatic heterocycles. The molecule has 1 fully saturated rings. The Kier molecular flexibility index (Phi) is 6.20. The molecule has 0 spiro atoms. The molecular weight excluding hydrogens is 360 g/mol. The number of nitrogens with zero attached hydrogens (tertiary/aromatic N) is 6. The standard InChI is InChI=1S/C18H24N8O2/c1-19-18(22-7-6-21-17(28)14-4-3-5-20-10-14)25-8-9-26(16(27)13-25)15-11-23-24(2)12-15/h3-5,10-12H,6-9,13H2,1-2H3,(H,19,22)(H,21,28). The summed E-state index contributed by atoms with van der Waals surface area (Å²) >= 11 is 0. The highest BCUT2D eigenvalue weighted by molar-refractivity contribution is 5.98. The van der Waals surface area contributed by atoms with Crippen molar-refractivity contribution in [3.63, 3.8) is 0 Å². The fraction of sp³-hybridized carbons (Fsp3) is 0.389. The zero-order valence-electron chi connectivity index (χ0n) is 16.0. The highest BCUT2D eigenvalue weighted by Gasteiger charge is 2.27. The number of anilines is 1. The molecule has 2 aromatic rings. The fourth-order valence-corrected chi connectivity index (χ4v) is 2.96. The molecule has 0 unspecified atom stereocenters. The van der Waals surface area contributed by atoms with Gasteiger partial charge in [-0.1, -0.05) is 0 Å². The molecule has 28 heavy (non-hydrogen) atoms. The first-order valence-corrected chi connectivity index (χ1v) is 9.01. The van der Waals surface area contributed by atoms with E-state index in [0.29, 0.717) is 37.7 Å². The first-order chi connectivity index (χ1) is 13.6. The SMILES string of the molecule is CN=C(NCCNC(=O)c1cccnc1)N1CCN(c2cnn(C)c2)C(=O)C1. The van der Waals surface area contributed by atoms with E-state index >= 15 is 0 Å². The number of hydrogen-bond donors (Lipinski definition) is 2. The highest BCUT2D eigenvalue weighted by atomic mass is 16.2. The van der Waals surface area contributed by atoms with Crippen molar-refractivity contribution in [3.8, 4) is 0 Å². The van der Waals surface area contributed by atoms with E-state index in [1.54, 1.807) is 41.2 Å². The molecule has 3 rings (SSSR count). The topological polar surface area (TPSA) is 108 Å². The van der Waals surface area contributed by atoms with E-state index in [2.05, 4.69) is 25.7 Å². The maximum Gasteiger partial charge on any atom is 0.252 e. The quantitative estimate of drug-likeness (QED) is 0.408. The molecule has 2 amide bonds. The number of rotatable bonds is 5. The van der Waals surface area contributed by atoms with Gasteiger partial charge < -0.3 is 20.4 Å². The van der Waals surface area contributed by atoms with Gasteiger partial charge in [0.2, 0.25) is 5.91 Å². The van der Waals surface area contributed by atoms with Gasteiger partial charge in [0.1, 0.15) is 6.54 Å². The van der Waals surface area contributed by atoms with Crippen molar-refractivity contribution in [1.82, 2.24) is 30.3 Å². The highest BCUT2D eigenvalue weighted by Crippen LogP contribution is 2.15. The Morgan fingerprint density at radius 2 is 2.07 bits per heavy atom. The number of piperazine rings is 1. The number of carbonyl (C=O) groups excluding carboxylic acids is 2. The zero-order valence-corrected chi connectivity index (χ0v) is 16.0. The predicted octanol–water partition coefficient (Wildman–Crippen LogP) is -0.531. The van der Waals surface area contributed by atoms with Crippen LogP contribution < -0.4 is 15.5 Å². The van der Waals surface area contributed by atoms with Crippen molar-refractivity contribution in [1.29, 1.82) is 0 Å². The van der Waals surface area contributed by atoms with Crippen molar-refractivity contribution in [2.24, 2.45) is 12.0 Å². The van der Waals surface area contributed by atoms with Crippen LogP contribution in [0, 0.1) is 0 Å². The second kappa shape index (κ2) is 8.98. The van der Waals surface area contributed by atoms with Crippen LogP contribution in [-0.4, -0.2) is 77.2 Å². The van der Waals surface area contributed by atoms with Gasteiger partial charge in [0.05, 0.1) is 17.4 Å². The normalized spacial score (nSPS) is 14.9. The molecule has 0 aliphatic carbocycles. The van der Waals surface area contributed by atoms with E-state index in [1.807, 2.05) is 18.1 Å². The molecule has 0 aromatic carbocycles. The monoisotopic (exact) mass is 384 g/mol. The van der Waals surface area contributed by atoms with Crippen molar-refractivity contribution in [2.75, 3.05) is 44.7 Å². The molecule has 10 nitrogen and oxygen atoms in total. The van der Waals surface area contributed by atoms with E-state index in [-0.39, 0.29) is 18.4 Å². The summed E-state index contributed by atoms with van der Waals surface area (Å²) in [7, 11) is 3.50. The van der Waals surface area contributed by atoms with Crippen LogP contribution >= 0.6 is 0 Å². The molecule has 10 heteroatoms. The molecule has 0 saturated carbocycles. The summed E-state index contributed by atoms with van der Waals surface area (Å²) in [4.78, 5) is 36.3. The Labute approximate surface area is 163 Å². The van der Waals surface area contributed by atoms with Crippen molar-refractivity contribution in [2.45, 2.75) is 0 Å². The lowest BCUT2D eigenvalue weighted by atomic mass is 10.3. The van der Waals surface area contributed by atoms with E-state index in [9.17, 15) is 9.59 Å². The molecule has 0 radical (unpaired) electrons. The summed E-state index contributed by atoms with van der Waals surface area (Å²) < 4.78 is 1.68. The molecule has 2 N–H and O–H groups in total. The zero-order chi connectivity index (χ0) is 19.9. The lowest BCUT2D eigenvalue weighted by Gasteiger charge is -2.35. The Hall–Kier alpha value is -3.43. The Morgan fingerprint density at radius 3 is 2.71 bits per heavy atom. The maximum absolute atomic E-state index is 12.5. The van der Waals surface area contributed by atoms with Crippen LogP contribution in [0.2, 0.25) is 0 Å². The maximum atomic E-state index is 12.5. The lowest BCUT2D eigenvalue weighted by Crippen LogP contribution is -2.55. The minimum Gasteiger partial charge on any atom is -0.354 e. The van der Waals surface area contributed by atoms with Crippen molar-refractivity contribution < 1.29 is 9.59 Å². The number of aryl methyl sites for hydroxylation is 1. The van der Waals surface area contributed by atoms with E-state index < -0.39 is 0 Å². The van der Waals surface area contributed by atoms with Gasteiger partial charge in [0, 0.05) is 58.9 Å². The summed E-state index contributed by atoms with van der Waals surface area (Å²) in [5.41, 5.74) is 1.32. The van der Waals surface area contributed by atoms with Crippen LogP contribution in [0.15, 0.2) is 41.9 Å². The molecule has 148 valence electrons. The minimum atomic E-state index is -0.176. The summed E-state index contributed by atoms with van der Waals surface area (Å²) in [5.74, 6) is 0.451. The van der Waals surface area contributed by atoms with Crippen LogP contribution in [0.3, 0.4) is 0 Å². The second-order valence-corrected chi connectivity index (χ2v) is 6.31. The smallest absolute Gasteiger partial charge is 0.252 e. The number of nitrogens with one attached hydrogen (secondary N) is 2. The number of aliphatic imine (C=N–C) groups is 1. The van der Waals surface area contributed by atoms with Crippen LogP contribution in [0.1, 0.15) is 10.4 Å². The number of aromatic nitrogens is 3. The van der Waals surface area contributed by atoms with Gasteiger partial charge in [0.25, 0.3) is 5.91 Å². The lowest BCUT2D eigenvalue weighted by molar-refractivity contribution is -0.120. The van der Waals surface area contributed by atoms with Crippen LogP contribution in [0.4, 0.5) is 5.69 Å². The number of amides is 2. The summed E-state index contributed by atoms with van der Waals surface area (Å²) in [6.45, 7) is 2.37. The molecule has 1 aliphatic rings. The first kappa shape index (κ1) is 19.3. The third-order valence-electron chi connectivity index (χ3n) is 4.35.